The van der Waals surface area contributed by atoms with E-state index in [1.54, 1.807) is 18.2 Å². The first-order chi connectivity index (χ1) is 9.06. The molecule has 104 valence electrons. The fourth-order valence-corrected chi connectivity index (χ4v) is 2.60. The third-order valence-corrected chi connectivity index (χ3v) is 3.94. The highest BCUT2D eigenvalue weighted by Crippen LogP contribution is 2.28. The highest BCUT2D eigenvalue weighted by atomic mass is 16.3. The number of carbonyl (C=O) groups excluding carboxylic acids is 1. The molecule has 1 amide bonds. The summed E-state index contributed by atoms with van der Waals surface area (Å²) in [6.07, 6.45) is 4.19. The van der Waals surface area contributed by atoms with Crippen molar-refractivity contribution in [2.45, 2.75) is 39.2 Å². The second-order valence-corrected chi connectivity index (χ2v) is 5.56. The van der Waals surface area contributed by atoms with E-state index in [9.17, 15) is 9.90 Å². The maximum absolute atomic E-state index is 12.1. The van der Waals surface area contributed by atoms with Crippen molar-refractivity contribution in [3.05, 3.63) is 23.8 Å². The van der Waals surface area contributed by atoms with Gasteiger partial charge < -0.3 is 16.2 Å². The van der Waals surface area contributed by atoms with Crippen LogP contribution in [0.25, 0.3) is 0 Å². The number of hydrogen-bond acceptors (Lipinski definition) is 3. The highest BCUT2D eigenvalue weighted by Gasteiger charge is 2.24. The van der Waals surface area contributed by atoms with Crippen LogP contribution >= 0.6 is 0 Å². The van der Waals surface area contributed by atoms with Gasteiger partial charge in [-0.05, 0) is 49.8 Å². The fraction of sp³-hybridized carbons (Fsp3) is 0.533. The van der Waals surface area contributed by atoms with Crippen LogP contribution in [0.5, 0.6) is 5.75 Å². The molecule has 19 heavy (non-hydrogen) atoms. The van der Waals surface area contributed by atoms with Crippen molar-refractivity contribution < 1.29 is 9.90 Å². The Bertz CT molecular complexity index is 451. The van der Waals surface area contributed by atoms with E-state index in [1.165, 1.54) is 0 Å². The molecule has 0 heterocycles. The number of anilines is 1. The molecule has 1 fully saturated rings. The molecule has 0 bridgehead atoms. The monoisotopic (exact) mass is 262 g/mol. The molecule has 1 aromatic carbocycles. The summed E-state index contributed by atoms with van der Waals surface area (Å²) in [4.78, 5) is 12.1. The van der Waals surface area contributed by atoms with Crippen molar-refractivity contribution in [2.24, 2.45) is 11.8 Å². The van der Waals surface area contributed by atoms with Crippen molar-refractivity contribution >= 4 is 11.6 Å². The second-order valence-electron chi connectivity index (χ2n) is 5.56. The Labute approximate surface area is 114 Å². The van der Waals surface area contributed by atoms with Gasteiger partial charge in [0.2, 0.25) is 5.91 Å². The fourth-order valence-electron chi connectivity index (χ4n) is 2.60. The number of hydrogen-bond donors (Lipinski definition) is 3. The molecule has 4 heteroatoms. The SMILES string of the molecule is CC1CCC(C(=O)NCc2cc(N)ccc2O)CC1. The molecule has 0 spiro atoms. The van der Waals surface area contributed by atoms with Gasteiger partial charge in [0.05, 0.1) is 0 Å². The molecule has 0 atom stereocenters. The molecular formula is C15H22N2O2. The van der Waals surface area contributed by atoms with Gasteiger partial charge in [0.25, 0.3) is 0 Å². The summed E-state index contributed by atoms with van der Waals surface area (Å²) in [6, 6.07) is 4.89. The summed E-state index contributed by atoms with van der Waals surface area (Å²) in [5.41, 5.74) is 6.92. The molecule has 0 saturated heterocycles. The van der Waals surface area contributed by atoms with Gasteiger partial charge >= 0.3 is 0 Å². The quantitative estimate of drug-likeness (QED) is 0.578. The first-order valence-electron chi connectivity index (χ1n) is 6.91. The molecule has 0 unspecified atom stereocenters. The lowest BCUT2D eigenvalue weighted by Gasteiger charge is -2.25. The van der Waals surface area contributed by atoms with E-state index in [1.807, 2.05) is 0 Å². The van der Waals surface area contributed by atoms with Gasteiger partial charge in [0, 0.05) is 23.7 Å². The third kappa shape index (κ3) is 3.63. The minimum atomic E-state index is 0.0914. The first-order valence-corrected chi connectivity index (χ1v) is 6.91. The zero-order valence-electron chi connectivity index (χ0n) is 11.4. The van der Waals surface area contributed by atoms with E-state index in [0.717, 1.165) is 31.6 Å². The van der Waals surface area contributed by atoms with E-state index >= 15 is 0 Å². The van der Waals surface area contributed by atoms with Crippen molar-refractivity contribution in [3.8, 4) is 5.75 Å². The van der Waals surface area contributed by atoms with Gasteiger partial charge in [-0.15, -0.1) is 0 Å². The summed E-state index contributed by atoms with van der Waals surface area (Å²) >= 11 is 0. The molecule has 4 nitrogen and oxygen atoms in total. The average molecular weight is 262 g/mol. The number of benzene rings is 1. The number of phenolic OH excluding ortho intramolecular Hbond substituents is 1. The lowest BCUT2D eigenvalue weighted by molar-refractivity contribution is -0.126. The van der Waals surface area contributed by atoms with Crippen LogP contribution in [0.4, 0.5) is 5.69 Å². The number of rotatable bonds is 3. The minimum absolute atomic E-state index is 0.0914. The third-order valence-electron chi connectivity index (χ3n) is 3.94. The van der Waals surface area contributed by atoms with Crippen LogP contribution in [-0.4, -0.2) is 11.0 Å². The lowest BCUT2D eigenvalue weighted by atomic mass is 9.82. The molecular weight excluding hydrogens is 240 g/mol. The molecule has 1 aliphatic carbocycles. The normalized spacial score (nSPS) is 23.0. The summed E-state index contributed by atoms with van der Waals surface area (Å²) in [5.74, 6) is 1.13. The highest BCUT2D eigenvalue weighted by molar-refractivity contribution is 5.78. The van der Waals surface area contributed by atoms with Crippen LogP contribution in [0, 0.1) is 11.8 Å². The molecule has 4 N–H and O–H groups in total. The lowest BCUT2D eigenvalue weighted by Crippen LogP contribution is -2.32. The van der Waals surface area contributed by atoms with Gasteiger partial charge in [0.1, 0.15) is 5.75 Å². The molecule has 2 rings (SSSR count). The van der Waals surface area contributed by atoms with E-state index in [2.05, 4.69) is 12.2 Å². The van der Waals surface area contributed by atoms with Gasteiger partial charge in [-0.25, -0.2) is 0 Å². The van der Waals surface area contributed by atoms with Crippen LogP contribution in [0.1, 0.15) is 38.2 Å². The van der Waals surface area contributed by atoms with Crippen LogP contribution in [0.2, 0.25) is 0 Å². The van der Waals surface area contributed by atoms with Crippen LogP contribution in [0.3, 0.4) is 0 Å². The van der Waals surface area contributed by atoms with Gasteiger partial charge in [-0.1, -0.05) is 6.92 Å². The molecule has 1 aromatic rings. The number of nitrogen functional groups attached to an aromatic ring is 1. The number of amides is 1. The Balaban J connectivity index is 1.88. The number of carbonyl (C=O) groups is 1. The number of nitrogens with two attached hydrogens (primary N) is 1. The van der Waals surface area contributed by atoms with E-state index in [4.69, 9.17) is 5.73 Å². The summed E-state index contributed by atoms with van der Waals surface area (Å²) < 4.78 is 0. The average Bonchev–Trinajstić information content (AvgIpc) is 2.40. The number of aromatic hydroxyl groups is 1. The standard InChI is InChI=1S/C15H22N2O2/c1-10-2-4-11(5-3-10)15(19)17-9-12-8-13(16)6-7-14(12)18/h6-8,10-11,18H,2-5,9,16H2,1H3,(H,17,19). The largest absolute Gasteiger partial charge is 0.508 e. The Morgan fingerprint density at radius 1 is 1.37 bits per heavy atom. The molecule has 0 aromatic heterocycles. The topological polar surface area (TPSA) is 75.4 Å². The minimum Gasteiger partial charge on any atom is -0.508 e. The Morgan fingerprint density at radius 3 is 2.74 bits per heavy atom. The van der Waals surface area contributed by atoms with Crippen LogP contribution < -0.4 is 11.1 Å². The van der Waals surface area contributed by atoms with Gasteiger partial charge in [0.15, 0.2) is 0 Å². The smallest absolute Gasteiger partial charge is 0.223 e. The first kappa shape index (κ1) is 13.7. The number of nitrogens with one attached hydrogen (secondary N) is 1. The Hall–Kier alpha value is -1.71. The van der Waals surface area contributed by atoms with Crippen molar-refractivity contribution in [1.82, 2.24) is 5.32 Å². The maximum Gasteiger partial charge on any atom is 0.223 e. The van der Waals surface area contributed by atoms with Crippen LogP contribution in [-0.2, 0) is 11.3 Å². The molecule has 1 saturated carbocycles. The molecule has 0 radical (unpaired) electrons. The summed E-state index contributed by atoms with van der Waals surface area (Å²) in [7, 11) is 0. The van der Waals surface area contributed by atoms with E-state index in [0.29, 0.717) is 17.8 Å². The molecule has 0 aliphatic heterocycles. The molecule has 1 aliphatic rings. The van der Waals surface area contributed by atoms with Crippen molar-refractivity contribution in [2.75, 3.05) is 5.73 Å². The van der Waals surface area contributed by atoms with Gasteiger partial charge in [-0.3, -0.25) is 4.79 Å². The van der Waals surface area contributed by atoms with Crippen LogP contribution in [0.15, 0.2) is 18.2 Å². The zero-order valence-corrected chi connectivity index (χ0v) is 11.4. The summed E-state index contributed by atoms with van der Waals surface area (Å²) in [5, 5.41) is 12.6. The predicted molar refractivity (Wildman–Crippen MR) is 75.5 cm³/mol. The maximum atomic E-state index is 12.1. The Morgan fingerprint density at radius 2 is 2.05 bits per heavy atom. The Kier molecular flexibility index (Phi) is 4.30. The van der Waals surface area contributed by atoms with Crippen molar-refractivity contribution in [1.29, 1.82) is 0 Å². The summed E-state index contributed by atoms with van der Waals surface area (Å²) in [6.45, 7) is 2.57. The predicted octanol–water partition coefficient (Wildman–Crippen LogP) is 2.42. The van der Waals surface area contributed by atoms with Crippen molar-refractivity contribution in [3.63, 3.8) is 0 Å². The number of phenols is 1. The van der Waals surface area contributed by atoms with Gasteiger partial charge in [-0.2, -0.15) is 0 Å². The van der Waals surface area contributed by atoms with E-state index in [-0.39, 0.29) is 17.6 Å². The van der Waals surface area contributed by atoms with E-state index < -0.39 is 0 Å². The zero-order chi connectivity index (χ0) is 13.8. The second kappa shape index (κ2) is 5.95.